The number of nitrogens with zero attached hydrogens (tertiary/aromatic N) is 2. The number of H-pyrrole nitrogens is 1. The third kappa shape index (κ3) is 4.77. The Morgan fingerprint density at radius 3 is 2.71 bits per heavy atom. The molecule has 2 heterocycles. The Labute approximate surface area is 164 Å². The first kappa shape index (κ1) is 20.0. The molecule has 0 saturated carbocycles. The second-order valence-electron chi connectivity index (χ2n) is 7.52. The number of benzene rings is 1. The van der Waals surface area contributed by atoms with Crippen LogP contribution in [-0.4, -0.2) is 40.0 Å². The lowest BCUT2D eigenvalue weighted by Crippen LogP contribution is -2.38. The zero-order chi connectivity index (χ0) is 20.1. The molecule has 1 atom stereocenters. The molecular formula is C21H27FN4O2. The molecule has 28 heavy (non-hydrogen) atoms. The van der Waals surface area contributed by atoms with Crippen molar-refractivity contribution in [2.24, 2.45) is 5.92 Å². The Bertz CT molecular complexity index is 827. The van der Waals surface area contributed by atoms with Crippen molar-refractivity contribution in [1.29, 1.82) is 0 Å². The number of aromatic amines is 1. The van der Waals surface area contributed by atoms with Crippen LogP contribution in [0.3, 0.4) is 0 Å². The molecule has 7 heteroatoms. The Morgan fingerprint density at radius 2 is 2.04 bits per heavy atom. The number of para-hydroxylation sites is 1. The number of likely N-dealkylation sites (tertiary alicyclic amines) is 1. The van der Waals surface area contributed by atoms with Gasteiger partial charge in [0.05, 0.1) is 5.69 Å². The number of carbonyl (C=O) groups excluding carboxylic acids is 2. The summed E-state index contributed by atoms with van der Waals surface area (Å²) < 4.78 is 13.7. The van der Waals surface area contributed by atoms with Gasteiger partial charge in [0.2, 0.25) is 5.91 Å². The standard InChI is InChI=1S/C21H27FN4O2/c1-3-14(2)12-20(27)26-10-8-15(9-11-26)18-13-19(25-24-18)21(28)23-17-7-5-4-6-16(17)22/h4-7,13-15H,3,8-12H2,1-2H3,(H,23,28)(H,24,25). The van der Waals surface area contributed by atoms with Gasteiger partial charge in [-0.25, -0.2) is 4.39 Å². The lowest BCUT2D eigenvalue weighted by molar-refractivity contribution is -0.133. The number of aromatic nitrogens is 2. The number of halogens is 1. The smallest absolute Gasteiger partial charge is 0.276 e. The van der Waals surface area contributed by atoms with E-state index >= 15 is 0 Å². The van der Waals surface area contributed by atoms with Crippen molar-refractivity contribution < 1.29 is 14.0 Å². The van der Waals surface area contributed by atoms with Crippen molar-refractivity contribution in [3.05, 3.63) is 47.5 Å². The van der Waals surface area contributed by atoms with Crippen LogP contribution >= 0.6 is 0 Å². The van der Waals surface area contributed by atoms with E-state index < -0.39 is 11.7 Å². The van der Waals surface area contributed by atoms with Crippen molar-refractivity contribution in [2.45, 2.75) is 45.4 Å². The van der Waals surface area contributed by atoms with Crippen LogP contribution in [0.2, 0.25) is 0 Å². The van der Waals surface area contributed by atoms with Crippen molar-refractivity contribution in [3.8, 4) is 0 Å². The number of anilines is 1. The highest BCUT2D eigenvalue weighted by Crippen LogP contribution is 2.28. The van der Waals surface area contributed by atoms with E-state index in [-0.39, 0.29) is 23.2 Å². The van der Waals surface area contributed by atoms with Crippen LogP contribution in [-0.2, 0) is 4.79 Å². The van der Waals surface area contributed by atoms with Crippen molar-refractivity contribution in [3.63, 3.8) is 0 Å². The van der Waals surface area contributed by atoms with Crippen molar-refractivity contribution >= 4 is 17.5 Å². The van der Waals surface area contributed by atoms with Gasteiger partial charge in [-0.1, -0.05) is 32.4 Å². The maximum atomic E-state index is 13.7. The summed E-state index contributed by atoms with van der Waals surface area (Å²) in [6, 6.07) is 7.75. The van der Waals surface area contributed by atoms with Crippen LogP contribution in [0.5, 0.6) is 0 Å². The first-order valence-electron chi connectivity index (χ1n) is 9.86. The minimum atomic E-state index is -0.485. The van der Waals surface area contributed by atoms with E-state index in [9.17, 15) is 14.0 Å². The molecular weight excluding hydrogens is 359 g/mol. The van der Waals surface area contributed by atoms with Gasteiger partial charge in [-0.05, 0) is 37.0 Å². The van der Waals surface area contributed by atoms with Crippen LogP contribution in [0, 0.1) is 11.7 Å². The molecule has 1 aliphatic heterocycles. The molecule has 150 valence electrons. The number of rotatable bonds is 6. The van der Waals surface area contributed by atoms with E-state index in [4.69, 9.17) is 0 Å². The van der Waals surface area contributed by atoms with Gasteiger partial charge in [0, 0.05) is 31.1 Å². The first-order valence-corrected chi connectivity index (χ1v) is 9.86. The van der Waals surface area contributed by atoms with Gasteiger partial charge in [0.25, 0.3) is 5.91 Å². The van der Waals surface area contributed by atoms with Crippen LogP contribution in [0.15, 0.2) is 30.3 Å². The highest BCUT2D eigenvalue weighted by atomic mass is 19.1. The summed E-state index contributed by atoms with van der Waals surface area (Å²) >= 11 is 0. The molecule has 1 aromatic carbocycles. The van der Waals surface area contributed by atoms with Crippen molar-refractivity contribution in [1.82, 2.24) is 15.1 Å². The molecule has 1 unspecified atom stereocenters. The highest BCUT2D eigenvalue weighted by molar-refractivity contribution is 6.02. The molecule has 1 saturated heterocycles. The van der Waals surface area contributed by atoms with Gasteiger partial charge < -0.3 is 10.2 Å². The molecule has 0 spiro atoms. The summed E-state index contributed by atoms with van der Waals surface area (Å²) in [6.45, 7) is 5.64. The number of piperidine rings is 1. The topological polar surface area (TPSA) is 78.1 Å². The van der Waals surface area contributed by atoms with Crippen LogP contribution < -0.4 is 5.32 Å². The van der Waals surface area contributed by atoms with Gasteiger partial charge in [-0.2, -0.15) is 5.10 Å². The van der Waals surface area contributed by atoms with Gasteiger partial charge in [0.15, 0.2) is 5.69 Å². The molecule has 0 aliphatic carbocycles. The Hall–Kier alpha value is -2.70. The minimum absolute atomic E-state index is 0.130. The maximum Gasteiger partial charge on any atom is 0.276 e. The SMILES string of the molecule is CCC(C)CC(=O)N1CCC(c2cc(C(=O)Nc3ccccc3F)n[nH]2)CC1. The zero-order valence-electron chi connectivity index (χ0n) is 16.4. The molecule has 6 nitrogen and oxygen atoms in total. The van der Waals surface area contributed by atoms with Crippen LogP contribution in [0.4, 0.5) is 10.1 Å². The number of hydrogen-bond donors (Lipinski definition) is 2. The summed E-state index contributed by atoms with van der Waals surface area (Å²) in [5.74, 6) is -0.0688. The average Bonchev–Trinajstić information content (AvgIpc) is 3.20. The third-order valence-corrected chi connectivity index (χ3v) is 5.46. The van der Waals surface area contributed by atoms with Gasteiger partial charge in [-0.15, -0.1) is 0 Å². The largest absolute Gasteiger partial charge is 0.343 e. The number of carbonyl (C=O) groups is 2. The van der Waals surface area contributed by atoms with E-state index in [1.165, 1.54) is 12.1 Å². The van der Waals surface area contributed by atoms with E-state index in [1.54, 1.807) is 18.2 Å². The van der Waals surface area contributed by atoms with E-state index in [1.807, 2.05) is 4.90 Å². The molecule has 2 aromatic rings. The first-order chi connectivity index (χ1) is 13.5. The lowest BCUT2D eigenvalue weighted by Gasteiger charge is -2.32. The van der Waals surface area contributed by atoms with Crippen LogP contribution in [0.25, 0.3) is 0 Å². The molecule has 1 aliphatic rings. The predicted molar refractivity (Wildman–Crippen MR) is 106 cm³/mol. The molecule has 2 amide bonds. The zero-order valence-corrected chi connectivity index (χ0v) is 16.4. The minimum Gasteiger partial charge on any atom is -0.343 e. The average molecular weight is 386 g/mol. The Balaban J connectivity index is 1.55. The molecule has 0 bridgehead atoms. The van der Waals surface area contributed by atoms with Gasteiger partial charge >= 0.3 is 0 Å². The van der Waals surface area contributed by atoms with Crippen molar-refractivity contribution in [2.75, 3.05) is 18.4 Å². The molecule has 3 rings (SSSR count). The second kappa shape index (κ2) is 8.99. The van der Waals surface area contributed by atoms with Gasteiger partial charge in [0.1, 0.15) is 5.82 Å². The summed E-state index contributed by atoms with van der Waals surface area (Å²) in [5, 5.41) is 9.55. The monoisotopic (exact) mass is 386 g/mol. The fraction of sp³-hybridized carbons (Fsp3) is 0.476. The van der Waals surface area contributed by atoms with Gasteiger partial charge in [-0.3, -0.25) is 14.7 Å². The fourth-order valence-electron chi connectivity index (χ4n) is 3.42. The summed E-state index contributed by atoms with van der Waals surface area (Å²) in [4.78, 5) is 26.6. The third-order valence-electron chi connectivity index (χ3n) is 5.46. The molecule has 1 fully saturated rings. The molecule has 2 N–H and O–H groups in total. The second-order valence-corrected chi connectivity index (χ2v) is 7.52. The number of amides is 2. The summed E-state index contributed by atoms with van der Waals surface area (Å²) in [5.41, 5.74) is 1.24. The Kier molecular flexibility index (Phi) is 6.44. The number of hydrogen-bond acceptors (Lipinski definition) is 3. The Morgan fingerprint density at radius 1 is 1.32 bits per heavy atom. The fourth-order valence-corrected chi connectivity index (χ4v) is 3.42. The lowest BCUT2D eigenvalue weighted by atomic mass is 9.92. The van der Waals surface area contributed by atoms with Crippen LogP contribution in [0.1, 0.15) is 61.6 Å². The normalized spacial score (nSPS) is 16.0. The summed E-state index contributed by atoms with van der Waals surface area (Å²) in [6.07, 6.45) is 3.28. The maximum absolute atomic E-state index is 13.7. The molecule has 1 aromatic heterocycles. The van der Waals surface area contributed by atoms with E-state index in [0.717, 1.165) is 38.0 Å². The quantitative estimate of drug-likeness (QED) is 0.789. The van der Waals surface area contributed by atoms with E-state index in [2.05, 4.69) is 29.4 Å². The predicted octanol–water partition coefficient (Wildman–Crippen LogP) is 3.94. The summed E-state index contributed by atoms with van der Waals surface area (Å²) in [7, 11) is 0. The highest BCUT2D eigenvalue weighted by Gasteiger charge is 2.26. The molecule has 0 radical (unpaired) electrons. The van der Waals surface area contributed by atoms with E-state index in [0.29, 0.717) is 12.3 Å². The number of nitrogens with one attached hydrogen (secondary N) is 2.